The highest BCUT2D eigenvalue weighted by Gasteiger charge is 2.28. The number of hydrogen-bond donors (Lipinski definition) is 0. The van der Waals surface area contributed by atoms with Crippen molar-refractivity contribution in [2.75, 3.05) is 6.61 Å². The highest BCUT2D eigenvalue weighted by atomic mass is 79.9. The number of nitrogens with zero attached hydrogens (tertiary/aromatic N) is 2. The molecule has 0 spiro atoms. The fourth-order valence-corrected chi connectivity index (χ4v) is 3.46. The number of aryl methyl sites for hydroxylation is 1. The van der Waals surface area contributed by atoms with Crippen molar-refractivity contribution >= 4 is 21.6 Å². The second-order valence-electron chi connectivity index (χ2n) is 5.44. The molecule has 0 aliphatic carbocycles. The summed E-state index contributed by atoms with van der Waals surface area (Å²) in [6, 6.07) is 12.6. The Morgan fingerprint density at radius 2 is 2.10 bits per heavy atom. The van der Waals surface area contributed by atoms with Crippen LogP contribution in [0.1, 0.15) is 28.4 Å². The highest BCUT2D eigenvalue weighted by Crippen LogP contribution is 2.34. The minimum absolute atomic E-state index is 0.235. The molecule has 0 amide bonds. The van der Waals surface area contributed by atoms with Gasteiger partial charge in [-0.05, 0) is 46.1 Å². The molecule has 2 aromatic heterocycles. The van der Waals surface area contributed by atoms with E-state index in [0.29, 0.717) is 13.2 Å². The van der Waals surface area contributed by atoms with E-state index >= 15 is 0 Å². The SMILES string of the molecule is Cc1ccccc1C1COCc2nc3ccc(Br)cn3c21. The van der Waals surface area contributed by atoms with E-state index in [1.54, 1.807) is 0 Å². The van der Waals surface area contributed by atoms with Gasteiger partial charge in [0.2, 0.25) is 0 Å². The topological polar surface area (TPSA) is 26.5 Å². The summed E-state index contributed by atoms with van der Waals surface area (Å²) in [5.74, 6) is 0.235. The van der Waals surface area contributed by atoms with Crippen molar-refractivity contribution in [3.8, 4) is 0 Å². The first-order chi connectivity index (χ1) is 10.2. The first-order valence-electron chi connectivity index (χ1n) is 7.03. The molecule has 3 nitrogen and oxygen atoms in total. The Hall–Kier alpha value is -1.65. The molecule has 0 saturated heterocycles. The van der Waals surface area contributed by atoms with Gasteiger partial charge in [-0.1, -0.05) is 24.3 Å². The first-order valence-corrected chi connectivity index (χ1v) is 7.83. The molecule has 4 heteroatoms. The molecule has 106 valence electrons. The zero-order valence-electron chi connectivity index (χ0n) is 11.7. The maximum Gasteiger partial charge on any atom is 0.137 e. The molecule has 1 unspecified atom stereocenters. The molecule has 0 N–H and O–H groups in total. The normalized spacial score (nSPS) is 17.9. The Kier molecular flexibility index (Phi) is 3.08. The summed E-state index contributed by atoms with van der Waals surface area (Å²) in [6.07, 6.45) is 2.09. The minimum Gasteiger partial charge on any atom is -0.374 e. The third-order valence-corrected chi connectivity index (χ3v) is 4.58. The fraction of sp³-hybridized carbons (Fsp3) is 0.235. The van der Waals surface area contributed by atoms with Crippen molar-refractivity contribution < 1.29 is 4.74 Å². The molecular weight excluding hydrogens is 328 g/mol. The van der Waals surface area contributed by atoms with Gasteiger partial charge < -0.3 is 9.14 Å². The van der Waals surface area contributed by atoms with Crippen LogP contribution in [-0.2, 0) is 11.3 Å². The quantitative estimate of drug-likeness (QED) is 0.666. The van der Waals surface area contributed by atoms with Gasteiger partial charge in [-0.15, -0.1) is 0 Å². The molecule has 0 fully saturated rings. The molecule has 1 aliphatic heterocycles. The average Bonchev–Trinajstić information content (AvgIpc) is 2.86. The van der Waals surface area contributed by atoms with E-state index in [0.717, 1.165) is 15.8 Å². The van der Waals surface area contributed by atoms with Crippen molar-refractivity contribution in [1.82, 2.24) is 9.38 Å². The summed E-state index contributed by atoms with van der Waals surface area (Å²) < 4.78 is 9.04. The molecular formula is C17H15BrN2O. The number of rotatable bonds is 1. The number of hydrogen-bond acceptors (Lipinski definition) is 2. The van der Waals surface area contributed by atoms with Gasteiger partial charge in [0.25, 0.3) is 0 Å². The summed E-state index contributed by atoms with van der Waals surface area (Å²) >= 11 is 3.56. The number of halogens is 1. The highest BCUT2D eigenvalue weighted by molar-refractivity contribution is 9.10. The summed E-state index contributed by atoms with van der Waals surface area (Å²) in [7, 11) is 0. The lowest BCUT2D eigenvalue weighted by Gasteiger charge is -2.24. The van der Waals surface area contributed by atoms with E-state index in [4.69, 9.17) is 9.72 Å². The van der Waals surface area contributed by atoms with Gasteiger partial charge in [0, 0.05) is 10.7 Å². The molecule has 1 atom stereocenters. The zero-order chi connectivity index (χ0) is 14.4. The van der Waals surface area contributed by atoms with Crippen molar-refractivity contribution in [2.24, 2.45) is 0 Å². The smallest absolute Gasteiger partial charge is 0.137 e. The van der Waals surface area contributed by atoms with Gasteiger partial charge in [0.05, 0.1) is 30.5 Å². The third-order valence-electron chi connectivity index (χ3n) is 4.11. The van der Waals surface area contributed by atoms with Crippen LogP contribution >= 0.6 is 15.9 Å². The lowest BCUT2D eigenvalue weighted by molar-refractivity contribution is 0.0954. The zero-order valence-corrected chi connectivity index (χ0v) is 13.3. The number of benzene rings is 1. The van der Waals surface area contributed by atoms with E-state index in [9.17, 15) is 0 Å². The van der Waals surface area contributed by atoms with Crippen molar-refractivity contribution in [3.05, 3.63) is 69.6 Å². The Morgan fingerprint density at radius 1 is 1.24 bits per heavy atom. The Bertz CT molecular complexity index is 825. The molecule has 0 saturated carbocycles. The number of pyridine rings is 1. The van der Waals surface area contributed by atoms with Crippen LogP contribution in [0.3, 0.4) is 0 Å². The van der Waals surface area contributed by atoms with Crippen molar-refractivity contribution in [3.63, 3.8) is 0 Å². The van der Waals surface area contributed by atoms with Gasteiger partial charge >= 0.3 is 0 Å². The van der Waals surface area contributed by atoms with Crippen LogP contribution in [0, 0.1) is 6.92 Å². The maximum atomic E-state index is 5.79. The van der Waals surface area contributed by atoms with E-state index in [2.05, 4.69) is 57.7 Å². The summed E-state index contributed by atoms with van der Waals surface area (Å²) in [6.45, 7) is 3.46. The molecule has 3 heterocycles. The van der Waals surface area contributed by atoms with Gasteiger partial charge in [-0.2, -0.15) is 0 Å². The van der Waals surface area contributed by atoms with Crippen molar-refractivity contribution in [2.45, 2.75) is 19.4 Å². The minimum atomic E-state index is 0.235. The molecule has 3 aromatic rings. The Balaban J connectivity index is 1.97. The van der Waals surface area contributed by atoms with Crippen LogP contribution in [0.5, 0.6) is 0 Å². The third kappa shape index (κ3) is 2.10. The van der Waals surface area contributed by atoms with Crippen LogP contribution in [0.4, 0.5) is 0 Å². The first kappa shape index (κ1) is 13.0. The molecule has 21 heavy (non-hydrogen) atoms. The average molecular weight is 343 g/mol. The summed E-state index contributed by atoms with van der Waals surface area (Å²) in [5.41, 5.74) is 5.90. The molecule has 4 rings (SSSR count). The van der Waals surface area contributed by atoms with Gasteiger partial charge in [-0.3, -0.25) is 0 Å². The van der Waals surface area contributed by atoms with Crippen LogP contribution in [-0.4, -0.2) is 16.0 Å². The largest absolute Gasteiger partial charge is 0.374 e. The molecule has 1 aromatic carbocycles. The van der Waals surface area contributed by atoms with Crippen molar-refractivity contribution in [1.29, 1.82) is 0 Å². The predicted octanol–water partition coefficient (Wildman–Crippen LogP) is 4.07. The summed E-state index contributed by atoms with van der Waals surface area (Å²) in [4.78, 5) is 4.72. The van der Waals surface area contributed by atoms with Gasteiger partial charge in [-0.25, -0.2) is 4.98 Å². The molecule has 0 radical (unpaired) electrons. The Labute approximate surface area is 131 Å². The van der Waals surface area contributed by atoms with E-state index in [1.165, 1.54) is 16.8 Å². The summed E-state index contributed by atoms with van der Waals surface area (Å²) in [5, 5.41) is 0. The second-order valence-corrected chi connectivity index (χ2v) is 6.36. The monoisotopic (exact) mass is 342 g/mol. The standard InChI is InChI=1S/C17H15BrN2O/c1-11-4-2-3-5-13(11)14-9-21-10-15-17(14)20-8-12(18)6-7-16(20)19-15/h2-8,14H,9-10H2,1H3. The number of fused-ring (bicyclic) bond motifs is 3. The maximum absolute atomic E-state index is 5.79. The van der Waals surface area contributed by atoms with Gasteiger partial charge in [0.1, 0.15) is 5.65 Å². The van der Waals surface area contributed by atoms with Crippen LogP contribution in [0.25, 0.3) is 5.65 Å². The lowest BCUT2D eigenvalue weighted by atomic mass is 9.90. The van der Waals surface area contributed by atoms with Gasteiger partial charge in [0.15, 0.2) is 0 Å². The number of aromatic nitrogens is 2. The molecule has 1 aliphatic rings. The van der Waals surface area contributed by atoms with Crippen LogP contribution < -0.4 is 0 Å². The predicted molar refractivity (Wildman–Crippen MR) is 85.6 cm³/mol. The molecule has 0 bridgehead atoms. The number of imidazole rings is 1. The van der Waals surface area contributed by atoms with E-state index in [1.807, 2.05) is 12.1 Å². The van der Waals surface area contributed by atoms with E-state index in [-0.39, 0.29) is 5.92 Å². The van der Waals surface area contributed by atoms with Crippen LogP contribution in [0.2, 0.25) is 0 Å². The van der Waals surface area contributed by atoms with E-state index < -0.39 is 0 Å². The fourth-order valence-electron chi connectivity index (χ4n) is 3.13. The Morgan fingerprint density at radius 3 is 2.95 bits per heavy atom. The number of ether oxygens (including phenoxy) is 1. The lowest BCUT2D eigenvalue weighted by Crippen LogP contribution is -2.19. The second kappa shape index (κ2) is 4.97. The van der Waals surface area contributed by atoms with Crippen LogP contribution in [0.15, 0.2) is 47.1 Å².